The van der Waals surface area contributed by atoms with Crippen molar-refractivity contribution in [1.82, 2.24) is 20.4 Å². The van der Waals surface area contributed by atoms with Crippen LogP contribution >= 0.6 is 0 Å². The Morgan fingerprint density at radius 2 is 1.94 bits per heavy atom. The van der Waals surface area contributed by atoms with E-state index >= 15 is 0 Å². The largest absolute Gasteiger partial charge is 0.334 e. The number of carbonyl (C=O) groups is 1. The molecule has 180 valence electrons. The number of likely N-dealkylation sites (tertiary alicyclic amines) is 1. The Kier molecular flexibility index (Phi) is 8.15. The van der Waals surface area contributed by atoms with Crippen LogP contribution in [-0.2, 0) is 22.6 Å². The van der Waals surface area contributed by atoms with Crippen molar-refractivity contribution in [3.63, 3.8) is 0 Å². The highest BCUT2D eigenvalue weighted by Crippen LogP contribution is 2.41. The molecule has 3 heterocycles. The minimum atomic E-state index is -0.921. The molecule has 4 aliphatic rings. The molecule has 1 amide bonds. The lowest BCUT2D eigenvalue weighted by atomic mass is 9.76. The van der Waals surface area contributed by atoms with E-state index in [1.165, 1.54) is 23.4 Å². The van der Waals surface area contributed by atoms with Gasteiger partial charge in [-0.05, 0) is 53.5 Å². The molecule has 0 bridgehead atoms. The number of hydrogen-bond donors (Lipinski definition) is 2. The van der Waals surface area contributed by atoms with E-state index in [0.29, 0.717) is 30.3 Å². The van der Waals surface area contributed by atoms with Gasteiger partial charge < -0.3 is 10.2 Å². The van der Waals surface area contributed by atoms with Crippen LogP contribution in [0.4, 0.5) is 4.53 Å². The second-order valence-corrected chi connectivity index (χ2v) is 9.72. The number of rotatable bonds is 3. The van der Waals surface area contributed by atoms with Gasteiger partial charge in [0.05, 0.1) is 17.8 Å². The summed E-state index contributed by atoms with van der Waals surface area (Å²) < 4.78 is 12.5. The predicted octanol–water partition coefficient (Wildman–Crippen LogP) is 4.83. The number of aromatic amines is 1. The zero-order valence-electron chi connectivity index (χ0n) is 20.6. The second kappa shape index (κ2) is 10.5. The van der Waals surface area contributed by atoms with Crippen LogP contribution in [0.15, 0.2) is 12.2 Å². The molecule has 7 heteroatoms. The van der Waals surface area contributed by atoms with Gasteiger partial charge in [0, 0.05) is 24.7 Å². The van der Waals surface area contributed by atoms with E-state index in [4.69, 9.17) is 5.10 Å². The van der Waals surface area contributed by atoms with Crippen molar-refractivity contribution in [2.24, 2.45) is 11.3 Å². The molecule has 2 N–H and O–H groups in total. The van der Waals surface area contributed by atoms with E-state index < -0.39 is 6.10 Å². The molecule has 5 rings (SSSR count). The fourth-order valence-electron chi connectivity index (χ4n) is 5.62. The van der Waals surface area contributed by atoms with E-state index in [1.807, 2.05) is 27.7 Å². The molecule has 2 aliphatic carbocycles. The molecule has 5 atom stereocenters. The summed E-state index contributed by atoms with van der Waals surface area (Å²) in [4.78, 5) is 17.9. The van der Waals surface area contributed by atoms with Gasteiger partial charge in [-0.25, -0.2) is 0 Å². The average molecular weight is 449 g/mol. The van der Waals surface area contributed by atoms with Crippen molar-refractivity contribution in [1.29, 1.82) is 0 Å². The van der Waals surface area contributed by atoms with Crippen LogP contribution in [0, 0.1) is 11.3 Å². The van der Waals surface area contributed by atoms with Crippen LogP contribution in [-0.4, -0.2) is 45.7 Å². The van der Waals surface area contributed by atoms with Crippen molar-refractivity contribution in [3.05, 3.63) is 29.1 Å². The first-order valence-corrected chi connectivity index (χ1v) is 12.5. The van der Waals surface area contributed by atoms with Gasteiger partial charge in [-0.3, -0.25) is 9.89 Å². The number of halogens is 1. The maximum atomic E-state index is 12.5. The highest BCUT2D eigenvalue weighted by atomic mass is 19.3. The highest BCUT2D eigenvalue weighted by Gasteiger charge is 2.43. The molecule has 0 saturated carbocycles. The zero-order chi connectivity index (χ0) is 23.5. The van der Waals surface area contributed by atoms with E-state index in [1.54, 1.807) is 4.90 Å². The number of hydrogen-bond acceptors (Lipinski definition) is 4. The minimum absolute atomic E-state index is 0.0223. The molecule has 2 aliphatic heterocycles. The van der Waals surface area contributed by atoms with Crippen LogP contribution in [0.25, 0.3) is 0 Å². The van der Waals surface area contributed by atoms with E-state index in [-0.39, 0.29) is 18.0 Å². The Morgan fingerprint density at radius 1 is 1.19 bits per heavy atom. The number of H-pyrrole nitrogens is 1. The molecule has 5 unspecified atom stereocenters. The highest BCUT2D eigenvalue weighted by molar-refractivity contribution is 5.83. The van der Waals surface area contributed by atoms with Crippen molar-refractivity contribution < 1.29 is 14.3 Å². The zero-order valence-corrected chi connectivity index (χ0v) is 20.6. The molecule has 1 aromatic heterocycles. The maximum absolute atomic E-state index is 12.5. The maximum Gasteiger partial charge on any atom is 0.255 e. The first-order chi connectivity index (χ1) is 15.4. The molecule has 6 nitrogen and oxygen atoms in total. The fourth-order valence-corrected chi connectivity index (χ4v) is 5.62. The quantitative estimate of drug-likeness (QED) is 0.650. The third kappa shape index (κ3) is 4.79. The lowest BCUT2D eigenvalue weighted by Crippen LogP contribution is -2.44. The molecule has 2 saturated heterocycles. The first kappa shape index (κ1) is 24.9. The lowest BCUT2D eigenvalue weighted by Gasteiger charge is -2.33. The second-order valence-electron chi connectivity index (χ2n) is 9.72. The summed E-state index contributed by atoms with van der Waals surface area (Å²) in [5.74, 6) is 0.230. The Morgan fingerprint density at radius 3 is 2.62 bits per heavy atom. The summed E-state index contributed by atoms with van der Waals surface area (Å²) in [5.41, 5.74) is 4.24. The summed E-state index contributed by atoms with van der Waals surface area (Å²) in [5, 5.41) is 11.8. The number of amides is 1. The smallest absolute Gasteiger partial charge is 0.255 e. The molecule has 2 fully saturated rings. The van der Waals surface area contributed by atoms with Crippen LogP contribution in [0.1, 0.15) is 90.2 Å². The Hall–Kier alpha value is -1.73. The summed E-state index contributed by atoms with van der Waals surface area (Å²) >= 11 is 0. The summed E-state index contributed by atoms with van der Waals surface area (Å²) in [6.45, 7) is 13.2. The third-order valence-corrected chi connectivity index (χ3v) is 7.24. The van der Waals surface area contributed by atoms with Crippen molar-refractivity contribution in [2.45, 2.75) is 104 Å². The predicted molar refractivity (Wildman–Crippen MR) is 125 cm³/mol. The van der Waals surface area contributed by atoms with E-state index in [0.717, 1.165) is 25.7 Å². The fraction of sp³-hybridized carbons (Fsp3) is 0.760. The van der Waals surface area contributed by atoms with Crippen molar-refractivity contribution in [3.8, 4) is 0 Å². The van der Waals surface area contributed by atoms with Crippen LogP contribution < -0.4 is 5.32 Å². The minimum Gasteiger partial charge on any atom is -0.334 e. The van der Waals surface area contributed by atoms with Gasteiger partial charge in [-0.15, -0.1) is 0 Å². The van der Waals surface area contributed by atoms with Gasteiger partial charge in [0.2, 0.25) is 0 Å². The van der Waals surface area contributed by atoms with Gasteiger partial charge >= 0.3 is 0 Å². The van der Waals surface area contributed by atoms with E-state index in [9.17, 15) is 9.32 Å². The lowest BCUT2D eigenvalue weighted by molar-refractivity contribution is -0.185. The monoisotopic (exact) mass is 448 g/mol. The van der Waals surface area contributed by atoms with Gasteiger partial charge in [0.25, 0.3) is 5.91 Å². The summed E-state index contributed by atoms with van der Waals surface area (Å²) in [6, 6.07) is 0.607. The van der Waals surface area contributed by atoms with Crippen LogP contribution in [0.5, 0.6) is 0 Å². The number of nitrogens with one attached hydrogen (secondary N) is 2. The first-order valence-electron chi connectivity index (χ1n) is 12.5. The Balaban J connectivity index is 0.000000686. The molecule has 0 spiro atoms. The molecular formula is C25H41FN4O2. The van der Waals surface area contributed by atoms with Gasteiger partial charge in [-0.2, -0.15) is 10.0 Å². The number of fused-ring (bicyclic) bond motifs is 2. The standard InChI is InChI=1S/C21H29FN4O2.2C2H6/c1-21(2)7-5-14-17(11-21)24-25-19(14)16-9-12-3-4-13(10-15(12)23-16)26-8-6-18(28-22)20(26)27;2*1-2/h3-4,12-13,15-16,18,23H,5-11H2,1-2H3,(H,24,25);2*1-2H3. The molecule has 0 aromatic carbocycles. The van der Waals surface area contributed by atoms with Crippen LogP contribution in [0.3, 0.4) is 0 Å². The Bertz CT molecular complexity index is 806. The topological polar surface area (TPSA) is 70.2 Å². The Labute approximate surface area is 192 Å². The number of nitrogens with zero attached hydrogens (tertiary/aromatic N) is 2. The molecule has 0 radical (unpaired) electrons. The van der Waals surface area contributed by atoms with Crippen molar-refractivity contribution >= 4 is 5.91 Å². The average Bonchev–Trinajstić information content (AvgIpc) is 3.50. The molecular weight excluding hydrogens is 407 g/mol. The number of carbonyl (C=O) groups excluding carboxylic acids is 1. The van der Waals surface area contributed by atoms with E-state index in [2.05, 4.69) is 41.4 Å². The SMILES string of the molecule is CC.CC.CC1(C)CCc2c(C3CC4C=CC(N5CCC(OF)C5=O)CC4N3)n[nH]c2C1. The normalized spacial score (nSPS) is 32.4. The number of aromatic nitrogens is 2. The summed E-state index contributed by atoms with van der Waals surface area (Å²) in [6.07, 6.45) is 9.13. The van der Waals surface area contributed by atoms with Crippen molar-refractivity contribution in [2.75, 3.05) is 6.54 Å². The van der Waals surface area contributed by atoms with Gasteiger partial charge in [-0.1, -0.05) is 53.7 Å². The van der Waals surface area contributed by atoms with Gasteiger partial charge in [0.15, 0.2) is 6.10 Å². The van der Waals surface area contributed by atoms with Crippen LogP contribution in [0.2, 0.25) is 0 Å². The summed E-state index contributed by atoms with van der Waals surface area (Å²) in [7, 11) is 0. The molecule has 1 aromatic rings. The third-order valence-electron chi connectivity index (χ3n) is 7.24. The molecule has 32 heavy (non-hydrogen) atoms. The van der Waals surface area contributed by atoms with Gasteiger partial charge in [0.1, 0.15) is 0 Å².